The minimum atomic E-state index is -0.410. The summed E-state index contributed by atoms with van der Waals surface area (Å²) in [5.74, 6) is -0.148. The number of carbonyl (C=O) groups excluding carboxylic acids is 1. The molecule has 1 heterocycles. The average Bonchev–Trinajstić information content (AvgIpc) is 2.44. The van der Waals surface area contributed by atoms with Gasteiger partial charge in [0.2, 0.25) is 0 Å². The second-order valence-corrected chi connectivity index (χ2v) is 5.45. The molecule has 0 radical (unpaired) electrons. The third kappa shape index (κ3) is 4.38. The Kier molecular flexibility index (Phi) is 5.53. The fraction of sp³-hybridized carbons (Fsp3) is 0.0769. The number of amides is 1. The first-order valence-electron chi connectivity index (χ1n) is 5.65. The molecule has 1 aromatic carbocycles. The van der Waals surface area contributed by atoms with Crippen LogP contribution in [0.25, 0.3) is 0 Å². The summed E-state index contributed by atoms with van der Waals surface area (Å²) in [7, 11) is 0. The largest absolute Gasteiger partial charge is 0.482 e. The smallest absolute Gasteiger partial charge is 0.262 e. The van der Waals surface area contributed by atoms with Crippen LogP contribution in [0, 0.1) is 0 Å². The summed E-state index contributed by atoms with van der Waals surface area (Å²) in [6.45, 7) is -0.261. The lowest BCUT2D eigenvalue weighted by atomic mass is 10.3. The Balaban J connectivity index is 1.99. The summed E-state index contributed by atoms with van der Waals surface area (Å²) in [5.41, 5.74) is 0.396. The number of benzene rings is 1. The van der Waals surface area contributed by atoms with E-state index in [2.05, 4.69) is 10.3 Å². The van der Waals surface area contributed by atoms with E-state index in [1.807, 2.05) is 0 Å². The fourth-order valence-electron chi connectivity index (χ4n) is 1.42. The highest BCUT2D eigenvalue weighted by atomic mass is 35.5. The summed E-state index contributed by atoms with van der Waals surface area (Å²) in [4.78, 5) is 15.6. The summed E-state index contributed by atoms with van der Waals surface area (Å²) < 4.78 is 5.30. The minimum Gasteiger partial charge on any atom is -0.482 e. The first-order chi connectivity index (χ1) is 9.97. The molecule has 0 unspecified atom stereocenters. The standard InChI is InChI=1S/C13H8Cl4N2O2/c14-7-4-9(16)11(5-8(7)15)21-6-12(20)19-10-2-1-3-18-13(10)17/h1-5H,6H2,(H,19,20). The van der Waals surface area contributed by atoms with Crippen molar-refractivity contribution >= 4 is 58.0 Å². The second-order valence-electron chi connectivity index (χ2n) is 3.88. The van der Waals surface area contributed by atoms with Gasteiger partial charge in [0.15, 0.2) is 11.8 Å². The number of hydrogen-bond donors (Lipinski definition) is 1. The monoisotopic (exact) mass is 364 g/mol. The molecule has 8 heteroatoms. The number of nitrogens with one attached hydrogen (secondary N) is 1. The predicted octanol–water partition coefficient (Wildman–Crippen LogP) is 4.71. The lowest BCUT2D eigenvalue weighted by Gasteiger charge is -2.10. The summed E-state index contributed by atoms with van der Waals surface area (Å²) >= 11 is 23.4. The van der Waals surface area contributed by atoms with Crippen LogP contribution in [0.4, 0.5) is 5.69 Å². The van der Waals surface area contributed by atoms with Gasteiger partial charge in [0, 0.05) is 12.3 Å². The molecule has 1 amide bonds. The van der Waals surface area contributed by atoms with Crippen molar-refractivity contribution in [3.8, 4) is 5.75 Å². The van der Waals surface area contributed by atoms with Crippen LogP contribution in [0.3, 0.4) is 0 Å². The van der Waals surface area contributed by atoms with E-state index in [1.165, 1.54) is 18.3 Å². The van der Waals surface area contributed by atoms with Crippen molar-refractivity contribution in [3.63, 3.8) is 0 Å². The summed E-state index contributed by atoms with van der Waals surface area (Å²) in [6, 6.07) is 6.16. The maximum atomic E-state index is 11.8. The number of anilines is 1. The zero-order valence-electron chi connectivity index (χ0n) is 10.4. The van der Waals surface area contributed by atoms with Gasteiger partial charge in [0.05, 0.1) is 20.8 Å². The van der Waals surface area contributed by atoms with Crippen LogP contribution in [0.2, 0.25) is 20.2 Å². The summed E-state index contributed by atoms with van der Waals surface area (Å²) in [6.07, 6.45) is 1.52. The molecule has 2 aromatic rings. The van der Waals surface area contributed by atoms with Crippen molar-refractivity contribution in [2.45, 2.75) is 0 Å². The topological polar surface area (TPSA) is 51.2 Å². The number of nitrogens with zero attached hydrogens (tertiary/aromatic N) is 1. The van der Waals surface area contributed by atoms with E-state index in [0.29, 0.717) is 10.7 Å². The van der Waals surface area contributed by atoms with Gasteiger partial charge in [-0.3, -0.25) is 4.79 Å². The van der Waals surface area contributed by atoms with Crippen LogP contribution in [0.15, 0.2) is 30.5 Å². The number of ether oxygens (including phenoxy) is 1. The molecule has 0 aliphatic rings. The molecule has 0 bridgehead atoms. The van der Waals surface area contributed by atoms with Crippen molar-refractivity contribution < 1.29 is 9.53 Å². The summed E-state index contributed by atoms with van der Waals surface area (Å²) in [5, 5.41) is 3.61. The van der Waals surface area contributed by atoms with E-state index in [0.717, 1.165) is 0 Å². The van der Waals surface area contributed by atoms with Gasteiger partial charge in [-0.2, -0.15) is 0 Å². The third-order valence-electron chi connectivity index (χ3n) is 2.37. The van der Waals surface area contributed by atoms with E-state index in [9.17, 15) is 4.79 Å². The second kappa shape index (κ2) is 7.18. The molecule has 0 spiro atoms. The Bertz CT molecular complexity index is 679. The van der Waals surface area contributed by atoms with E-state index in [-0.39, 0.29) is 27.6 Å². The van der Waals surface area contributed by atoms with Crippen molar-refractivity contribution in [1.29, 1.82) is 0 Å². The van der Waals surface area contributed by atoms with Gasteiger partial charge >= 0.3 is 0 Å². The quantitative estimate of drug-likeness (QED) is 0.630. The molecule has 2 rings (SSSR count). The molecule has 0 aliphatic heterocycles. The van der Waals surface area contributed by atoms with Crippen molar-refractivity contribution in [3.05, 3.63) is 50.7 Å². The van der Waals surface area contributed by atoms with Crippen LogP contribution in [0.1, 0.15) is 0 Å². The van der Waals surface area contributed by atoms with Crippen LogP contribution in [-0.2, 0) is 4.79 Å². The number of hydrogen-bond acceptors (Lipinski definition) is 3. The Morgan fingerprint density at radius 1 is 1.14 bits per heavy atom. The zero-order valence-corrected chi connectivity index (χ0v) is 13.4. The minimum absolute atomic E-state index is 0.193. The number of pyridine rings is 1. The molecule has 0 fully saturated rings. The van der Waals surface area contributed by atoms with Crippen LogP contribution in [0.5, 0.6) is 5.75 Å². The maximum absolute atomic E-state index is 11.8. The first-order valence-corrected chi connectivity index (χ1v) is 7.16. The maximum Gasteiger partial charge on any atom is 0.262 e. The molecule has 1 aromatic heterocycles. The predicted molar refractivity (Wildman–Crippen MR) is 84.8 cm³/mol. The Hall–Kier alpha value is -1.20. The van der Waals surface area contributed by atoms with Gasteiger partial charge < -0.3 is 10.1 Å². The molecule has 0 atom stereocenters. The molecule has 0 aliphatic carbocycles. The normalized spacial score (nSPS) is 10.3. The van der Waals surface area contributed by atoms with E-state index in [4.69, 9.17) is 51.1 Å². The molecular formula is C13H8Cl4N2O2. The van der Waals surface area contributed by atoms with Crippen LogP contribution >= 0.6 is 46.4 Å². The highest BCUT2D eigenvalue weighted by molar-refractivity contribution is 6.43. The Labute approximate surface area is 140 Å². The molecular weight excluding hydrogens is 358 g/mol. The van der Waals surface area contributed by atoms with Gasteiger partial charge in [-0.25, -0.2) is 4.98 Å². The Morgan fingerprint density at radius 3 is 2.57 bits per heavy atom. The molecule has 21 heavy (non-hydrogen) atoms. The molecule has 0 saturated carbocycles. The van der Waals surface area contributed by atoms with Crippen LogP contribution in [-0.4, -0.2) is 17.5 Å². The Morgan fingerprint density at radius 2 is 1.86 bits per heavy atom. The van der Waals surface area contributed by atoms with Crippen molar-refractivity contribution in [2.24, 2.45) is 0 Å². The van der Waals surface area contributed by atoms with Gasteiger partial charge in [-0.15, -0.1) is 0 Å². The lowest BCUT2D eigenvalue weighted by Crippen LogP contribution is -2.20. The lowest BCUT2D eigenvalue weighted by molar-refractivity contribution is -0.118. The SMILES string of the molecule is O=C(COc1cc(Cl)c(Cl)cc1Cl)Nc1cccnc1Cl. The van der Waals surface area contributed by atoms with E-state index < -0.39 is 5.91 Å². The van der Waals surface area contributed by atoms with Gasteiger partial charge in [0.1, 0.15) is 5.75 Å². The third-order valence-corrected chi connectivity index (χ3v) is 3.69. The molecule has 0 saturated heterocycles. The van der Waals surface area contributed by atoms with E-state index >= 15 is 0 Å². The molecule has 4 nitrogen and oxygen atoms in total. The highest BCUT2D eigenvalue weighted by Crippen LogP contribution is 2.33. The number of aromatic nitrogens is 1. The highest BCUT2D eigenvalue weighted by Gasteiger charge is 2.11. The fourth-order valence-corrected chi connectivity index (χ4v) is 2.18. The van der Waals surface area contributed by atoms with Gasteiger partial charge in [0.25, 0.3) is 5.91 Å². The van der Waals surface area contributed by atoms with Crippen LogP contribution < -0.4 is 10.1 Å². The van der Waals surface area contributed by atoms with Crippen molar-refractivity contribution in [2.75, 3.05) is 11.9 Å². The molecule has 1 N–H and O–H groups in total. The number of halogens is 4. The van der Waals surface area contributed by atoms with Gasteiger partial charge in [-0.1, -0.05) is 46.4 Å². The van der Waals surface area contributed by atoms with E-state index in [1.54, 1.807) is 12.1 Å². The number of rotatable bonds is 4. The number of carbonyl (C=O) groups is 1. The van der Waals surface area contributed by atoms with Gasteiger partial charge in [-0.05, 0) is 18.2 Å². The first kappa shape index (κ1) is 16.2. The van der Waals surface area contributed by atoms with Crippen molar-refractivity contribution in [1.82, 2.24) is 4.98 Å². The molecule has 110 valence electrons. The zero-order chi connectivity index (χ0) is 15.4. The average molecular weight is 366 g/mol.